The molecule has 0 aromatic heterocycles. The van der Waals surface area contributed by atoms with E-state index in [0.717, 1.165) is 32.4 Å². The zero-order valence-electron chi connectivity index (χ0n) is 12.7. The van der Waals surface area contributed by atoms with Crippen LogP contribution in [0.15, 0.2) is 18.2 Å². The van der Waals surface area contributed by atoms with Crippen LogP contribution in [0.25, 0.3) is 0 Å². The average Bonchev–Trinajstić information content (AvgIpc) is 2.47. The lowest BCUT2D eigenvalue weighted by atomic mass is 10.0. The molecule has 1 N–H and O–H groups in total. The lowest BCUT2D eigenvalue weighted by molar-refractivity contribution is 0.124. The van der Waals surface area contributed by atoms with Crippen molar-refractivity contribution in [2.75, 3.05) is 26.9 Å². The Bertz CT molecular complexity index is 385. The number of benzene rings is 1. The van der Waals surface area contributed by atoms with Crippen LogP contribution in [0.5, 0.6) is 5.75 Å². The molecule has 4 heteroatoms. The predicted molar refractivity (Wildman–Crippen MR) is 79.7 cm³/mol. The van der Waals surface area contributed by atoms with Gasteiger partial charge in [0.2, 0.25) is 0 Å². The van der Waals surface area contributed by atoms with Crippen molar-refractivity contribution in [3.63, 3.8) is 0 Å². The molecule has 0 aliphatic heterocycles. The molecule has 0 saturated heterocycles. The molecule has 1 unspecified atom stereocenters. The second-order valence-electron chi connectivity index (χ2n) is 4.77. The summed E-state index contributed by atoms with van der Waals surface area (Å²) in [6.45, 7) is 6.41. The van der Waals surface area contributed by atoms with Crippen molar-refractivity contribution in [3.8, 4) is 5.75 Å². The van der Waals surface area contributed by atoms with Crippen molar-refractivity contribution in [1.82, 2.24) is 5.32 Å². The Balaban J connectivity index is 2.75. The summed E-state index contributed by atoms with van der Waals surface area (Å²) < 4.78 is 24.9. The zero-order chi connectivity index (χ0) is 14.8. The Morgan fingerprint density at radius 3 is 2.65 bits per heavy atom. The van der Waals surface area contributed by atoms with E-state index in [4.69, 9.17) is 9.47 Å². The molecule has 0 fully saturated rings. The van der Waals surface area contributed by atoms with Crippen LogP contribution in [0.2, 0.25) is 0 Å². The summed E-state index contributed by atoms with van der Waals surface area (Å²) >= 11 is 0. The van der Waals surface area contributed by atoms with E-state index < -0.39 is 0 Å². The number of ether oxygens (including phenoxy) is 2. The van der Waals surface area contributed by atoms with Gasteiger partial charge in [0, 0.05) is 24.8 Å². The summed E-state index contributed by atoms with van der Waals surface area (Å²) in [5, 5.41) is 3.38. The van der Waals surface area contributed by atoms with E-state index in [2.05, 4.69) is 19.2 Å². The van der Waals surface area contributed by atoms with Crippen molar-refractivity contribution >= 4 is 0 Å². The topological polar surface area (TPSA) is 30.5 Å². The molecule has 0 saturated carbocycles. The van der Waals surface area contributed by atoms with Gasteiger partial charge in [-0.1, -0.05) is 26.0 Å². The molecule has 0 bridgehead atoms. The summed E-state index contributed by atoms with van der Waals surface area (Å²) in [5.41, 5.74) is 0.651. The summed E-state index contributed by atoms with van der Waals surface area (Å²) in [6.07, 6.45) is 2.77. The van der Waals surface area contributed by atoms with Gasteiger partial charge in [-0.25, -0.2) is 4.39 Å². The minimum absolute atomic E-state index is 0.0399. The van der Waals surface area contributed by atoms with Crippen molar-refractivity contribution in [2.45, 2.75) is 39.2 Å². The number of rotatable bonds is 10. The highest BCUT2D eigenvalue weighted by Crippen LogP contribution is 2.26. The number of halogens is 1. The lowest BCUT2D eigenvalue weighted by Gasteiger charge is -2.20. The van der Waals surface area contributed by atoms with Crippen LogP contribution in [-0.4, -0.2) is 26.9 Å². The second kappa shape index (κ2) is 9.72. The van der Waals surface area contributed by atoms with Crippen LogP contribution in [-0.2, 0) is 4.74 Å². The van der Waals surface area contributed by atoms with Crippen LogP contribution in [0.4, 0.5) is 4.39 Å². The van der Waals surface area contributed by atoms with E-state index in [9.17, 15) is 4.39 Å². The Morgan fingerprint density at radius 2 is 2.00 bits per heavy atom. The first kappa shape index (κ1) is 16.9. The molecule has 0 spiro atoms. The number of hydrogen-bond donors (Lipinski definition) is 1. The number of nitrogens with one attached hydrogen (secondary N) is 1. The molecule has 0 radical (unpaired) electrons. The quantitative estimate of drug-likeness (QED) is 0.664. The van der Waals surface area contributed by atoms with Gasteiger partial charge in [0.15, 0.2) is 11.6 Å². The summed E-state index contributed by atoms with van der Waals surface area (Å²) in [6, 6.07) is 5.24. The molecular formula is C16H26FNO2. The number of hydrogen-bond acceptors (Lipinski definition) is 3. The van der Waals surface area contributed by atoms with Crippen LogP contribution in [0, 0.1) is 5.82 Å². The predicted octanol–water partition coefficient (Wildman–Crippen LogP) is 3.69. The van der Waals surface area contributed by atoms with Crippen LogP contribution < -0.4 is 10.1 Å². The molecule has 0 heterocycles. The molecule has 1 aromatic rings. The fourth-order valence-corrected chi connectivity index (χ4v) is 2.09. The van der Waals surface area contributed by atoms with Gasteiger partial charge in [0.25, 0.3) is 0 Å². The van der Waals surface area contributed by atoms with Gasteiger partial charge in [0.05, 0.1) is 7.11 Å². The first-order valence-corrected chi connectivity index (χ1v) is 7.38. The molecule has 1 atom stereocenters. The van der Waals surface area contributed by atoms with Gasteiger partial charge in [-0.05, 0) is 31.9 Å². The number of methoxy groups -OCH3 is 1. The summed E-state index contributed by atoms with van der Waals surface area (Å²) in [7, 11) is 1.49. The zero-order valence-corrected chi connectivity index (χ0v) is 12.7. The normalized spacial score (nSPS) is 12.4. The highest BCUT2D eigenvalue weighted by Gasteiger charge is 2.17. The van der Waals surface area contributed by atoms with E-state index in [1.54, 1.807) is 6.07 Å². The largest absolute Gasteiger partial charge is 0.494 e. The fourth-order valence-electron chi connectivity index (χ4n) is 2.09. The third kappa shape index (κ3) is 5.10. The third-order valence-electron chi connectivity index (χ3n) is 3.13. The van der Waals surface area contributed by atoms with Gasteiger partial charge in [-0.2, -0.15) is 0 Å². The van der Waals surface area contributed by atoms with Crippen LogP contribution in [0.3, 0.4) is 0 Å². The molecule has 0 aliphatic carbocycles. The van der Waals surface area contributed by atoms with Gasteiger partial charge in [0.1, 0.15) is 0 Å². The Kier molecular flexibility index (Phi) is 8.23. The Morgan fingerprint density at radius 1 is 1.20 bits per heavy atom. The van der Waals surface area contributed by atoms with E-state index in [-0.39, 0.29) is 11.9 Å². The standard InChI is InChI=1S/C16H26FNO2/c1-4-10-18-14(9-12-20-11-5-2)13-7-6-8-15(19-3)16(13)17/h6-8,14,18H,4-5,9-12H2,1-3H3. The maximum atomic E-state index is 14.3. The van der Waals surface area contributed by atoms with Crippen LogP contribution in [0.1, 0.15) is 44.7 Å². The highest BCUT2D eigenvalue weighted by atomic mass is 19.1. The maximum absolute atomic E-state index is 14.3. The van der Waals surface area contributed by atoms with Gasteiger partial charge in [-0.15, -0.1) is 0 Å². The van der Waals surface area contributed by atoms with Gasteiger partial charge < -0.3 is 14.8 Å². The van der Waals surface area contributed by atoms with Gasteiger partial charge in [-0.3, -0.25) is 0 Å². The smallest absolute Gasteiger partial charge is 0.169 e. The first-order chi connectivity index (χ1) is 9.74. The lowest BCUT2D eigenvalue weighted by Crippen LogP contribution is -2.24. The van der Waals surface area contributed by atoms with Crippen molar-refractivity contribution in [1.29, 1.82) is 0 Å². The summed E-state index contributed by atoms with van der Waals surface area (Å²) in [4.78, 5) is 0. The Labute approximate surface area is 121 Å². The molecule has 20 heavy (non-hydrogen) atoms. The van der Waals surface area contributed by atoms with Gasteiger partial charge >= 0.3 is 0 Å². The van der Waals surface area contributed by atoms with E-state index >= 15 is 0 Å². The molecule has 0 amide bonds. The summed E-state index contributed by atoms with van der Waals surface area (Å²) in [5.74, 6) is 0.0133. The average molecular weight is 283 g/mol. The molecule has 1 aromatic carbocycles. The monoisotopic (exact) mass is 283 g/mol. The minimum atomic E-state index is -0.279. The van der Waals surface area contributed by atoms with Crippen molar-refractivity contribution < 1.29 is 13.9 Å². The first-order valence-electron chi connectivity index (χ1n) is 7.38. The minimum Gasteiger partial charge on any atom is -0.494 e. The van der Waals surface area contributed by atoms with E-state index in [1.807, 2.05) is 12.1 Å². The molecule has 3 nitrogen and oxygen atoms in total. The third-order valence-corrected chi connectivity index (χ3v) is 3.13. The fraction of sp³-hybridized carbons (Fsp3) is 0.625. The molecule has 0 aliphatic rings. The van der Waals surface area contributed by atoms with Crippen molar-refractivity contribution in [2.24, 2.45) is 0 Å². The van der Waals surface area contributed by atoms with Crippen molar-refractivity contribution in [3.05, 3.63) is 29.6 Å². The van der Waals surface area contributed by atoms with Crippen LogP contribution >= 0.6 is 0 Å². The van der Waals surface area contributed by atoms with E-state index in [0.29, 0.717) is 17.9 Å². The molecule has 114 valence electrons. The SMILES string of the molecule is CCCNC(CCOCCC)c1cccc(OC)c1F. The molecule has 1 rings (SSSR count). The van der Waals surface area contributed by atoms with E-state index in [1.165, 1.54) is 7.11 Å². The maximum Gasteiger partial charge on any atom is 0.169 e. The second-order valence-corrected chi connectivity index (χ2v) is 4.77. The highest BCUT2D eigenvalue weighted by molar-refractivity contribution is 5.33. The molecular weight excluding hydrogens is 257 g/mol. The Hall–Kier alpha value is -1.13.